The zero-order valence-corrected chi connectivity index (χ0v) is 12.3. The van der Waals surface area contributed by atoms with Crippen LogP contribution in [0.25, 0.3) is 21.5 Å². The van der Waals surface area contributed by atoms with Gasteiger partial charge in [0.2, 0.25) is 5.12 Å². The summed E-state index contributed by atoms with van der Waals surface area (Å²) in [5.74, 6) is 0. The molecule has 2 heteroatoms. The molecule has 4 rings (SSSR count). The third-order valence-electron chi connectivity index (χ3n) is 4.18. The lowest BCUT2D eigenvalue weighted by atomic mass is 9.96. The van der Waals surface area contributed by atoms with E-state index in [2.05, 4.69) is 44.2 Å². The molecule has 0 saturated heterocycles. The minimum absolute atomic E-state index is 0.180. The lowest BCUT2D eigenvalue weighted by Gasteiger charge is -2.09. The molecule has 1 heterocycles. The van der Waals surface area contributed by atoms with E-state index in [0.29, 0.717) is 0 Å². The summed E-state index contributed by atoms with van der Waals surface area (Å²) in [6.45, 7) is 4.28. The molecule has 0 saturated carbocycles. The van der Waals surface area contributed by atoms with Crippen molar-refractivity contribution in [3.05, 3.63) is 53.1 Å². The minimum Gasteiger partial charge on any atom is -0.281 e. The van der Waals surface area contributed by atoms with Crippen LogP contribution in [0.2, 0.25) is 0 Å². The molecule has 0 aromatic heterocycles. The standard InChI is InChI=1S/C18H14OS/c1-3-11-5-6-12-9-14-10(2)4-7-13-16(14)17(15(12)8-11)20-18(13)19/h4-9H,3H2,1-2H3. The first kappa shape index (κ1) is 12.0. The maximum atomic E-state index is 12.2. The first-order valence-electron chi connectivity index (χ1n) is 6.90. The van der Waals surface area contributed by atoms with Crippen LogP contribution in [0.4, 0.5) is 0 Å². The van der Waals surface area contributed by atoms with Crippen molar-refractivity contribution in [2.75, 3.05) is 0 Å². The molecule has 1 aliphatic rings. The van der Waals surface area contributed by atoms with Gasteiger partial charge in [-0.3, -0.25) is 4.79 Å². The van der Waals surface area contributed by atoms with Crippen molar-refractivity contribution in [3.8, 4) is 0 Å². The molecular formula is C18H14OS. The maximum Gasteiger partial charge on any atom is 0.224 e. The van der Waals surface area contributed by atoms with Crippen LogP contribution in [0.15, 0.2) is 41.3 Å². The maximum absolute atomic E-state index is 12.2. The average molecular weight is 278 g/mol. The molecule has 0 radical (unpaired) electrons. The molecule has 1 nitrogen and oxygen atoms in total. The lowest BCUT2D eigenvalue weighted by molar-refractivity contribution is 0.109. The van der Waals surface area contributed by atoms with Crippen molar-refractivity contribution in [1.29, 1.82) is 0 Å². The monoisotopic (exact) mass is 278 g/mol. The van der Waals surface area contributed by atoms with E-state index in [1.54, 1.807) is 0 Å². The summed E-state index contributed by atoms with van der Waals surface area (Å²) in [7, 11) is 0. The first-order valence-corrected chi connectivity index (χ1v) is 7.72. The van der Waals surface area contributed by atoms with E-state index >= 15 is 0 Å². The molecular weight excluding hydrogens is 264 g/mol. The summed E-state index contributed by atoms with van der Waals surface area (Å²) in [4.78, 5) is 13.4. The van der Waals surface area contributed by atoms with Crippen LogP contribution in [0.1, 0.15) is 28.4 Å². The highest BCUT2D eigenvalue weighted by molar-refractivity contribution is 8.15. The zero-order valence-electron chi connectivity index (χ0n) is 11.5. The van der Waals surface area contributed by atoms with Gasteiger partial charge in [-0.2, -0.15) is 0 Å². The Labute approximate surface area is 122 Å². The Kier molecular flexibility index (Phi) is 2.45. The van der Waals surface area contributed by atoms with Crippen LogP contribution in [0, 0.1) is 6.92 Å². The van der Waals surface area contributed by atoms with E-state index in [0.717, 1.165) is 22.3 Å². The molecule has 0 bridgehead atoms. The fraction of sp³-hybridized carbons (Fsp3) is 0.167. The molecule has 0 fully saturated rings. The van der Waals surface area contributed by atoms with Crippen molar-refractivity contribution in [2.45, 2.75) is 25.2 Å². The van der Waals surface area contributed by atoms with Gasteiger partial charge in [0.15, 0.2) is 0 Å². The molecule has 0 spiro atoms. The molecule has 0 N–H and O–H groups in total. The number of thioether (sulfide) groups is 1. The van der Waals surface area contributed by atoms with Gasteiger partial charge in [0.1, 0.15) is 0 Å². The van der Waals surface area contributed by atoms with E-state index in [-0.39, 0.29) is 5.12 Å². The number of hydrogen-bond acceptors (Lipinski definition) is 2. The number of benzene rings is 3. The normalized spacial score (nSPS) is 13.6. The van der Waals surface area contributed by atoms with E-state index in [1.807, 2.05) is 6.07 Å². The van der Waals surface area contributed by atoms with E-state index in [4.69, 9.17) is 0 Å². The fourth-order valence-electron chi connectivity index (χ4n) is 3.01. The molecule has 0 unspecified atom stereocenters. The van der Waals surface area contributed by atoms with Gasteiger partial charge in [-0.15, -0.1) is 0 Å². The highest BCUT2D eigenvalue weighted by Gasteiger charge is 2.25. The average Bonchev–Trinajstić information content (AvgIpc) is 2.80. The second kappa shape index (κ2) is 4.10. The second-order valence-corrected chi connectivity index (χ2v) is 6.34. The van der Waals surface area contributed by atoms with Crippen LogP contribution in [0.3, 0.4) is 0 Å². The van der Waals surface area contributed by atoms with E-state index < -0.39 is 0 Å². The number of rotatable bonds is 1. The highest BCUT2D eigenvalue weighted by Crippen LogP contribution is 2.45. The van der Waals surface area contributed by atoms with E-state index in [1.165, 1.54) is 39.0 Å². The number of hydrogen-bond donors (Lipinski definition) is 0. The summed E-state index contributed by atoms with van der Waals surface area (Å²) < 4.78 is 0. The Balaban J connectivity index is 2.24. The van der Waals surface area contributed by atoms with Gasteiger partial charge < -0.3 is 0 Å². The van der Waals surface area contributed by atoms with Crippen molar-refractivity contribution in [3.63, 3.8) is 0 Å². The molecule has 0 atom stereocenters. The zero-order chi connectivity index (χ0) is 13.9. The molecule has 0 amide bonds. The van der Waals surface area contributed by atoms with Crippen molar-refractivity contribution < 1.29 is 4.79 Å². The van der Waals surface area contributed by atoms with Gasteiger partial charge in [-0.1, -0.05) is 31.2 Å². The van der Waals surface area contributed by atoms with E-state index in [9.17, 15) is 4.79 Å². The number of fused-ring (bicyclic) bond motifs is 2. The molecule has 1 aliphatic heterocycles. The van der Waals surface area contributed by atoms with Gasteiger partial charge in [0, 0.05) is 15.8 Å². The Hall–Kier alpha value is -1.80. The Morgan fingerprint density at radius 1 is 1.05 bits per heavy atom. The molecule has 3 aromatic rings. The predicted molar refractivity (Wildman–Crippen MR) is 85.8 cm³/mol. The Morgan fingerprint density at radius 3 is 2.70 bits per heavy atom. The topological polar surface area (TPSA) is 17.1 Å². The summed E-state index contributed by atoms with van der Waals surface area (Å²) >= 11 is 1.39. The van der Waals surface area contributed by atoms with Gasteiger partial charge in [-0.25, -0.2) is 0 Å². The minimum atomic E-state index is 0.180. The quantitative estimate of drug-likeness (QED) is 0.575. The van der Waals surface area contributed by atoms with Gasteiger partial charge in [0.25, 0.3) is 0 Å². The van der Waals surface area contributed by atoms with Crippen LogP contribution >= 0.6 is 11.8 Å². The largest absolute Gasteiger partial charge is 0.281 e. The Bertz CT molecular complexity index is 893. The number of carbonyl (C=O) groups is 1. The van der Waals surface area contributed by atoms with Gasteiger partial charge in [0.05, 0.1) is 0 Å². The highest BCUT2D eigenvalue weighted by atomic mass is 32.2. The van der Waals surface area contributed by atoms with Gasteiger partial charge in [-0.05, 0) is 64.5 Å². The summed E-state index contributed by atoms with van der Waals surface area (Å²) in [5.41, 5.74) is 3.43. The first-order chi connectivity index (χ1) is 9.69. The molecule has 0 aliphatic carbocycles. The SMILES string of the molecule is CCc1ccc2cc3c(C)ccc4c3c(c2c1)SC4=O. The number of carbonyl (C=O) groups excluding carboxylic acids is 1. The Morgan fingerprint density at radius 2 is 1.90 bits per heavy atom. The summed E-state index contributed by atoms with van der Waals surface area (Å²) in [6, 6.07) is 12.9. The van der Waals surface area contributed by atoms with Crippen molar-refractivity contribution in [1.82, 2.24) is 0 Å². The lowest BCUT2D eigenvalue weighted by Crippen LogP contribution is -1.88. The predicted octanol–water partition coefficient (Wildman–Crippen LogP) is 5.11. The third-order valence-corrected chi connectivity index (χ3v) is 5.21. The smallest absolute Gasteiger partial charge is 0.224 e. The van der Waals surface area contributed by atoms with Crippen LogP contribution in [-0.4, -0.2) is 5.12 Å². The van der Waals surface area contributed by atoms with Crippen LogP contribution in [-0.2, 0) is 6.42 Å². The second-order valence-electron chi connectivity index (χ2n) is 5.36. The van der Waals surface area contributed by atoms with Crippen molar-refractivity contribution >= 4 is 38.4 Å². The van der Waals surface area contributed by atoms with Gasteiger partial charge >= 0.3 is 0 Å². The van der Waals surface area contributed by atoms with Crippen molar-refractivity contribution in [2.24, 2.45) is 0 Å². The van der Waals surface area contributed by atoms with Crippen LogP contribution < -0.4 is 0 Å². The van der Waals surface area contributed by atoms with Crippen LogP contribution in [0.5, 0.6) is 0 Å². The molecule has 98 valence electrons. The summed E-state index contributed by atoms with van der Waals surface area (Å²) in [5, 5.41) is 5.00. The molecule has 3 aromatic carbocycles. The summed E-state index contributed by atoms with van der Waals surface area (Å²) in [6.07, 6.45) is 1.02. The molecule has 20 heavy (non-hydrogen) atoms. The third kappa shape index (κ3) is 1.49. The number of aryl methyl sites for hydroxylation is 2. The fourth-order valence-corrected chi connectivity index (χ4v) is 4.09.